The fourth-order valence-corrected chi connectivity index (χ4v) is 2.15. The second-order valence-corrected chi connectivity index (χ2v) is 4.62. The standard InChI is InChI=1S/C14H19NO/c1-10(7-8-11(2)16)13-9-15-14-6-4-3-5-12(13)14/h3-6,9-11,15-16H,7-8H2,1-2H3. The van der Waals surface area contributed by atoms with Crippen molar-refractivity contribution < 1.29 is 5.11 Å². The monoisotopic (exact) mass is 217 g/mol. The van der Waals surface area contributed by atoms with Gasteiger partial charge in [0.2, 0.25) is 0 Å². The highest BCUT2D eigenvalue weighted by atomic mass is 16.3. The van der Waals surface area contributed by atoms with Crippen molar-refractivity contribution in [3.8, 4) is 0 Å². The molecule has 1 aromatic heterocycles. The lowest BCUT2D eigenvalue weighted by Gasteiger charge is -2.11. The number of rotatable bonds is 4. The average molecular weight is 217 g/mol. The zero-order valence-corrected chi connectivity index (χ0v) is 9.90. The minimum absolute atomic E-state index is 0.201. The number of hydrogen-bond donors (Lipinski definition) is 2. The van der Waals surface area contributed by atoms with E-state index in [0.717, 1.165) is 12.8 Å². The zero-order chi connectivity index (χ0) is 11.5. The summed E-state index contributed by atoms with van der Waals surface area (Å²) >= 11 is 0. The Morgan fingerprint density at radius 1 is 1.19 bits per heavy atom. The Hall–Kier alpha value is -1.28. The van der Waals surface area contributed by atoms with Crippen molar-refractivity contribution in [3.63, 3.8) is 0 Å². The molecule has 0 aliphatic carbocycles. The molecule has 86 valence electrons. The summed E-state index contributed by atoms with van der Waals surface area (Å²) in [5.74, 6) is 0.491. The maximum atomic E-state index is 9.30. The van der Waals surface area contributed by atoms with Gasteiger partial charge in [-0.3, -0.25) is 0 Å². The molecular formula is C14H19NO. The Morgan fingerprint density at radius 3 is 2.69 bits per heavy atom. The number of aliphatic hydroxyl groups is 1. The minimum atomic E-state index is -0.201. The molecule has 16 heavy (non-hydrogen) atoms. The van der Waals surface area contributed by atoms with Crippen molar-refractivity contribution in [1.29, 1.82) is 0 Å². The van der Waals surface area contributed by atoms with Crippen LogP contribution in [0, 0.1) is 0 Å². The normalized spacial score (nSPS) is 15.2. The number of aromatic amines is 1. The van der Waals surface area contributed by atoms with Gasteiger partial charge in [0.15, 0.2) is 0 Å². The van der Waals surface area contributed by atoms with Crippen molar-refractivity contribution >= 4 is 10.9 Å². The van der Waals surface area contributed by atoms with E-state index in [9.17, 15) is 5.11 Å². The van der Waals surface area contributed by atoms with E-state index in [1.165, 1.54) is 16.5 Å². The second-order valence-electron chi connectivity index (χ2n) is 4.62. The number of benzene rings is 1. The van der Waals surface area contributed by atoms with Crippen molar-refractivity contribution in [2.75, 3.05) is 0 Å². The van der Waals surface area contributed by atoms with Crippen molar-refractivity contribution in [2.24, 2.45) is 0 Å². The Morgan fingerprint density at radius 2 is 1.94 bits per heavy atom. The number of H-pyrrole nitrogens is 1. The number of fused-ring (bicyclic) bond motifs is 1. The SMILES string of the molecule is CC(O)CCC(C)c1c[nH]c2ccccc12. The lowest BCUT2D eigenvalue weighted by Crippen LogP contribution is -2.02. The van der Waals surface area contributed by atoms with Gasteiger partial charge < -0.3 is 10.1 Å². The van der Waals surface area contributed by atoms with Crippen LogP contribution in [0.25, 0.3) is 10.9 Å². The van der Waals surface area contributed by atoms with Gasteiger partial charge in [0.25, 0.3) is 0 Å². The van der Waals surface area contributed by atoms with E-state index in [-0.39, 0.29) is 6.10 Å². The summed E-state index contributed by atoms with van der Waals surface area (Å²) in [7, 11) is 0. The molecule has 2 unspecified atom stereocenters. The average Bonchev–Trinajstić information content (AvgIpc) is 2.69. The third-order valence-corrected chi connectivity index (χ3v) is 3.17. The fourth-order valence-electron chi connectivity index (χ4n) is 2.15. The van der Waals surface area contributed by atoms with Crippen molar-refractivity contribution in [1.82, 2.24) is 4.98 Å². The second kappa shape index (κ2) is 4.71. The quantitative estimate of drug-likeness (QED) is 0.808. The van der Waals surface area contributed by atoms with Crippen LogP contribution in [0.1, 0.15) is 38.2 Å². The first-order valence-electron chi connectivity index (χ1n) is 5.92. The van der Waals surface area contributed by atoms with Gasteiger partial charge in [-0.25, -0.2) is 0 Å². The van der Waals surface area contributed by atoms with Crippen LogP contribution in [0.3, 0.4) is 0 Å². The van der Waals surface area contributed by atoms with Crippen molar-refractivity contribution in [2.45, 2.75) is 38.7 Å². The summed E-state index contributed by atoms with van der Waals surface area (Å²) < 4.78 is 0. The summed E-state index contributed by atoms with van der Waals surface area (Å²) in [4.78, 5) is 3.29. The van der Waals surface area contributed by atoms with E-state index in [1.807, 2.05) is 13.0 Å². The molecule has 0 saturated carbocycles. The highest BCUT2D eigenvalue weighted by Crippen LogP contribution is 2.28. The van der Waals surface area contributed by atoms with E-state index >= 15 is 0 Å². The van der Waals surface area contributed by atoms with Crippen LogP contribution in [0.4, 0.5) is 0 Å². The molecule has 1 aromatic carbocycles. The first-order chi connectivity index (χ1) is 7.68. The fraction of sp³-hybridized carbons (Fsp3) is 0.429. The minimum Gasteiger partial charge on any atom is -0.393 e. The summed E-state index contributed by atoms with van der Waals surface area (Å²) in [6.45, 7) is 4.07. The van der Waals surface area contributed by atoms with E-state index < -0.39 is 0 Å². The smallest absolute Gasteiger partial charge is 0.0512 e. The Labute approximate surface area is 96.3 Å². The highest BCUT2D eigenvalue weighted by Gasteiger charge is 2.11. The molecule has 0 aliphatic heterocycles. The third-order valence-electron chi connectivity index (χ3n) is 3.17. The molecule has 2 N–H and O–H groups in total. The van der Waals surface area contributed by atoms with Crippen LogP contribution in [-0.2, 0) is 0 Å². The van der Waals surface area contributed by atoms with Gasteiger partial charge >= 0.3 is 0 Å². The lowest BCUT2D eigenvalue weighted by atomic mass is 9.95. The first-order valence-corrected chi connectivity index (χ1v) is 5.92. The predicted octanol–water partition coefficient (Wildman–Crippen LogP) is 3.43. The number of aliphatic hydroxyl groups excluding tert-OH is 1. The number of nitrogens with one attached hydrogen (secondary N) is 1. The molecule has 2 aromatic rings. The maximum Gasteiger partial charge on any atom is 0.0512 e. The summed E-state index contributed by atoms with van der Waals surface area (Å²) in [6.07, 6.45) is 3.78. The van der Waals surface area contributed by atoms with E-state index in [1.54, 1.807) is 0 Å². The number of para-hydroxylation sites is 1. The molecule has 0 radical (unpaired) electrons. The molecule has 0 spiro atoms. The van der Waals surface area contributed by atoms with E-state index in [0.29, 0.717) is 5.92 Å². The number of hydrogen-bond acceptors (Lipinski definition) is 1. The molecule has 0 saturated heterocycles. The van der Waals surface area contributed by atoms with Crippen LogP contribution in [0.15, 0.2) is 30.5 Å². The largest absolute Gasteiger partial charge is 0.393 e. The van der Waals surface area contributed by atoms with E-state index in [4.69, 9.17) is 0 Å². The lowest BCUT2D eigenvalue weighted by molar-refractivity contribution is 0.179. The van der Waals surface area contributed by atoms with E-state index in [2.05, 4.69) is 36.3 Å². The first kappa shape index (κ1) is 11.2. The van der Waals surface area contributed by atoms with Crippen LogP contribution in [0.2, 0.25) is 0 Å². The molecule has 2 rings (SSSR count). The molecule has 2 nitrogen and oxygen atoms in total. The molecule has 0 bridgehead atoms. The highest BCUT2D eigenvalue weighted by molar-refractivity contribution is 5.83. The van der Waals surface area contributed by atoms with Gasteiger partial charge in [-0.2, -0.15) is 0 Å². The van der Waals surface area contributed by atoms with Gasteiger partial charge in [-0.1, -0.05) is 25.1 Å². The van der Waals surface area contributed by atoms with Gasteiger partial charge in [-0.05, 0) is 37.3 Å². The van der Waals surface area contributed by atoms with Crippen LogP contribution in [-0.4, -0.2) is 16.2 Å². The van der Waals surface area contributed by atoms with Gasteiger partial charge in [-0.15, -0.1) is 0 Å². The third kappa shape index (κ3) is 2.27. The number of aromatic nitrogens is 1. The Bertz CT molecular complexity index is 458. The topological polar surface area (TPSA) is 36.0 Å². The molecule has 2 heteroatoms. The Balaban J connectivity index is 2.19. The summed E-state index contributed by atoms with van der Waals surface area (Å²) in [6, 6.07) is 8.37. The zero-order valence-electron chi connectivity index (χ0n) is 9.90. The van der Waals surface area contributed by atoms with Gasteiger partial charge in [0.1, 0.15) is 0 Å². The van der Waals surface area contributed by atoms with Crippen molar-refractivity contribution in [3.05, 3.63) is 36.0 Å². The summed E-state index contributed by atoms with van der Waals surface area (Å²) in [5.41, 5.74) is 2.55. The van der Waals surface area contributed by atoms with Gasteiger partial charge in [0.05, 0.1) is 6.10 Å². The predicted molar refractivity (Wildman–Crippen MR) is 67.6 cm³/mol. The molecular weight excluding hydrogens is 198 g/mol. The van der Waals surface area contributed by atoms with Crippen LogP contribution < -0.4 is 0 Å². The molecule has 2 atom stereocenters. The van der Waals surface area contributed by atoms with Crippen LogP contribution >= 0.6 is 0 Å². The van der Waals surface area contributed by atoms with Gasteiger partial charge in [0, 0.05) is 17.1 Å². The van der Waals surface area contributed by atoms with Crippen LogP contribution in [0.5, 0.6) is 0 Å². The molecule has 1 heterocycles. The molecule has 0 fully saturated rings. The molecule has 0 aliphatic rings. The maximum absolute atomic E-state index is 9.30. The summed E-state index contributed by atoms with van der Waals surface area (Å²) in [5, 5.41) is 10.6. The Kier molecular flexibility index (Phi) is 3.30. The molecule has 0 amide bonds.